The number of halogens is 3. The van der Waals surface area contributed by atoms with Crippen molar-refractivity contribution in [2.24, 2.45) is 0 Å². The molecule has 0 fully saturated rings. The zero-order valence-electron chi connectivity index (χ0n) is 10.9. The van der Waals surface area contributed by atoms with Crippen LogP contribution in [0.5, 0.6) is 11.5 Å². The molecule has 0 amide bonds. The van der Waals surface area contributed by atoms with Crippen molar-refractivity contribution in [3.05, 3.63) is 57.8 Å². The maximum absolute atomic E-state index is 14.0. The molecule has 2 aromatic carbocycles. The normalized spacial score (nSPS) is 10.6. The van der Waals surface area contributed by atoms with E-state index in [1.54, 1.807) is 30.3 Å². The molecule has 0 bridgehead atoms. The molecule has 0 saturated carbocycles. The summed E-state index contributed by atoms with van der Waals surface area (Å²) in [7, 11) is 0. The summed E-state index contributed by atoms with van der Waals surface area (Å²) in [5, 5.41) is 3.78. The van der Waals surface area contributed by atoms with E-state index in [-0.39, 0.29) is 10.8 Å². The second kappa shape index (κ2) is 6.93. The molecule has 106 valence electrons. The highest BCUT2D eigenvalue weighted by Gasteiger charge is 2.13. The first kappa shape index (κ1) is 15.1. The third-order valence-electron chi connectivity index (χ3n) is 2.74. The summed E-state index contributed by atoms with van der Waals surface area (Å²) >= 11 is 12.0. The third kappa shape index (κ3) is 3.42. The Morgan fingerprint density at radius 2 is 1.90 bits per heavy atom. The molecular weight excluding hydrogens is 300 g/mol. The Morgan fingerprint density at radius 1 is 1.15 bits per heavy atom. The van der Waals surface area contributed by atoms with Crippen LogP contribution in [-0.2, 0) is 6.54 Å². The van der Waals surface area contributed by atoms with Crippen LogP contribution in [0.4, 0.5) is 4.39 Å². The highest BCUT2D eigenvalue weighted by molar-refractivity contribution is 6.42. The van der Waals surface area contributed by atoms with Gasteiger partial charge < -0.3 is 10.1 Å². The lowest BCUT2D eigenvalue weighted by Gasteiger charge is -2.13. The van der Waals surface area contributed by atoms with Crippen LogP contribution in [0.15, 0.2) is 36.4 Å². The van der Waals surface area contributed by atoms with Gasteiger partial charge in [0.1, 0.15) is 10.8 Å². The Morgan fingerprint density at radius 3 is 2.65 bits per heavy atom. The molecule has 0 aliphatic rings. The monoisotopic (exact) mass is 313 g/mol. The number of rotatable bonds is 5. The molecule has 0 aromatic heterocycles. The van der Waals surface area contributed by atoms with Crippen molar-refractivity contribution in [3.63, 3.8) is 0 Å². The van der Waals surface area contributed by atoms with Crippen LogP contribution in [0.1, 0.15) is 12.5 Å². The Bertz CT molecular complexity index is 604. The molecule has 0 unspecified atom stereocenters. The molecule has 0 atom stereocenters. The van der Waals surface area contributed by atoms with E-state index in [4.69, 9.17) is 27.9 Å². The van der Waals surface area contributed by atoms with Crippen molar-refractivity contribution in [2.75, 3.05) is 6.54 Å². The summed E-state index contributed by atoms with van der Waals surface area (Å²) < 4.78 is 19.6. The number of para-hydroxylation sites is 1. The van der Waals surface area contributed by atoms with E-state index in [1.165, 1.54) is 6.07 Å². The summed E-state index contributed by atoms with van der Waals surface area (Å²) in [5.74, 6) is 0.0658. The van der Waals surface area contributed by atoms with E-state index >= 15 is 0 Å². The Balaban J connectivity index is 2.34. The third-order valence-corrected chi connectivity index (χ3v) is 3.54. The first-order valence-corrected chi connectivity index (χ1v) is 6.99. The molecule has 2 aromatic rings. The molecule has 0 radical (unpaired) electrons. The first-order chi connectivity index (χ1) is 9.63. The van der Waals surface area contributed by atoms with Gasteiger partial charge in [0, 0.05) is 12.1 Å². The molecule has 0 aliphatic heterocycles. The quantitative estimate of drug-likeness (QED) is 0.835. The highest BCUT2D eigenvalue weighted by atomic mass is 35.5. The molecule has 2 rings (SSSR count). The van der Waals surface area contributed by atoms with Gasteiger partial charge in [-0.05, 0) is 24.7 Å². The van der Waals surface area contributed by atoms with Crippen LogP contribution in [0, 0.1) is 5.82 Å². The van der Waals surface area contributed by atoms with Gasteiger partial charge in [-0.15, -0.1) is 0 Å². The molecular formula is C15H14Cl2FNO. The van der Waals surface area contributed by atoms with Gasteiger partial charge in [0.2, 0.25) is 0 Å². The predicted molar refractivity (Wildman–Crippen MR) is 80.3 cm³/mol. The molecule has 5 heteroatoms. The number of hydrogen-bond donors (Lipinski definition) is 1. The summed E-state index contributed by atoms with van der Waals surface area (Å²) in [6, 6.07) is 9.81. The minimum Gasteiger partial charge on any atom is -0.452 e. The minimum atomic E-state index is -0.434. The van der Waals surface area contributed by atoms with Gasteiger partial charge in [-0.3, -0.25) is 0 Å². The minimum absolute atomic E-state index is 0.164. The van der Waals surface area contributed by atoms with Gasteiger partial charge >= 0.3 is 0 Å². The Kier molecular flexibility index (Phi) is 5.24. The van der Waals surface area contributed by atoms with Crippen LogP contribution < -0.4 is 10.1 Å². The first-order valence-electron chi connectivity index (χ1n) is 6.23. The SMILES string of the molecule is CCNCc1cccc(F)c1Oc1cccc(Cl)c1Cl. The fourth-order valence-electron chi connectivity index (χ4n) is 1.74. The van der Waals surface area contributed by atoms with Gasteiger partial charge in [-0.2, -0.15) is 0 Å². The molecule has 2 nitrogen and oxygen atoms in total. The zero-order valence-corrected chi connectivity index (χ0v) is 12.4. The smallest absolute Gasteiger partial charge is 0.167 e. The van der Waals surface area contributed by atoms with Crippen LogP contribution in [0.25, 0.3) is 0 Å². The second-order valence-corrected chi connectivity index (χ2v) is 4.95. The van der Waals surface area contributed by atoms with Gasteiger partial charge in [0.15, 0.2) is 11.6 Å². The average molecular weight is 314 g/mol. The molecule has 0 heterocycles. The lowest BCUT2D eigenvalue weighted by atomic mass is 10.2. The maximum atomic E-state index is 14.0. The van der Waals surface area contributed by atoms with Crippen molar-refractivity contribution in [3.8, 4) is 11.5 Å². The van der Waals surface area contributed by atoms with Gasteiger partial charge in [0.25, 0.3) is 0 Å². The van der Waals surface area contributed by atoms with Crippen LogP contribution in [0.2, 0.25) is 10.0 Å². The molecule has 20 heavy (non-hydrogen) atoms. The number of nitrogens with one attached hydrogen (secondary N) is 1. The predicted octanol–water partition coefficient (Wildman–Crippen LogP) is 5.03. The molecule has 1 N–H and O–H groups in total. The summed E-state index contributed by atoms with van der Waals surface area (Å²) in [6.45, 7) is 3.28. The fraction of sp³-hybridized carbons (Fsp3) is 0.200. The number of benzene rings is 2. The topological polar surface area (TPSA) is 21.3 Å². The Hall–Kier alpha value is -1.29. The maximum Gasteiger partial charge on any atom is 0.167 e. The average Bonchev–Trinajstić information content (AvgIpc) is 2.44. The van der Waals surface area contributed by atoms with E-state index in [0.29, 0.717) is 17.3 Å². The largest absolute Gasteiger partial charge is 0.452 e. The molecule has 0 aliphatic carbocycles. The van der Waals surface area contributed by atoms with E-state index in [0.717, 1.165) is 12.1 Å². The van der Waals surface area contributed by atoms with Crippen molar-refractivity contribution in [1.82, 2.24) is 5.32 Å². The van der Waals surface area contributed by atoms with Crippen molar-refractivity contribution in [1.29, 1.82) is 0 Å². The lowest BCUT2D eigenvalue weighted by molar-refractivity contribution is 0.434. The standard InChI is InChI=1S/C15H14Cl2FNO/c1-2-19-9-10-5-3-7-12(18)15(10)20-13-8-4-6-11(16)14(13)17/h3-8,19H,2,9H2,1H3. The summed E-state index contributed by atoms with van der Waals surface area (Å²) in [5.41, 5.74) is 0.725. The lowest BCUT2D eigenvalue weighted by Crippen LogP contribution is -2.12. The van der Waals surface area contributed by atoms with E-state index in [2.05, 4.69) is 5.32 Å². The molecule has 0 spiro atoms. The van der Waals surface area contributed by atoms with E-state index in [9.17, 15) is 4.39 Å². The number of hydrogen-bond acceptors (Lipinski definition) is 2. The van der Waals surface area contributed by atoms with Crippen molar-refractivity contribution in [2.45, 2.75) is 13.5 Å². The zero-order chi connectivity index (χ0) is 14.5. The van der Waals surface area contributed by atoms with Crippen molar-refractivity contribution >= 4 is 23.2 Å². The van der Waals surface area contributed by atoms with Crippen molar-refractivity contribution < 1.29 is 9.13 Å². The van der Waals surface area contributed by atoms with Gasteiger partial charge in [0.05, 0.1) is 5.02 Å². The van der Waals surface area contributed by atoms with Crippen LogP contribution >= 0.6 is 23.2 Å². The number of ether oxygens (including phenoxy) is 1. The molecule has 0 saturated heterocycles. The second-order valence-electron chi connectivity index (χ2n) is 4.16. The van der Waals surface area contributed by atoms with Crippen LogP contribution in [-0.4, -0.2) is 6.54 Å². The van der Waals surface area contributed by atoms with Gasteiger partial charge in [-0.1, -0.05) is 48.3 Å². The summed E-state index contributed by atoms with van der Waals surface area (Å²) in [6.07, 6.45) is 0. The van der Waals surface area contributed by atoms with Crippen LogP contribution in [0.3, 0.4) is 0 Å². The summed E-state index contributed by atoms with van der Waals surface area (Å²) in [4.78, 5) is 0. The van der Waals surface area contributed by atoms with E-state index < -0.39 is 5.82 Å². The van der Waals surface area contributed by atoms with Gasteiger partial charge in [-0.25, -0.2) is 4.39 Å². The highest BCUT2D eigenvalue weighted by Crippen LogP contribution is 2.36. The Labute approximate surface area is 127 Å². The fourth-order valence-corrected chi connectivity index (χ4v) is 2.07. The van der Waals surface area contributed by atoms with E-state index in [1.807, 2.05) is 6.92 Å².